The lowest BCUT2D eigenvalue weighted by Crippen LogP contribution is -2.14. The molecule has 0 bridgehead atoms. The third kappa shape index (κ3) is 1.75. The Kier molecular flexibility index (Phi) is 2.36. The molecule has 1 saturated heterocycles. The molecule has 0 spiro atoms. The lowest BCUT2D eigenvalue weighted by Gasteiger charge is -2.05. The van der Waals surface area contributed by atoms with Gasteiger partial charge in [0.15, 0.2) is 0 Å². The van der Waals surface area contributed by atoms with Crippen molar-refractivity contribution in [2.75, 3.05) is 6.54 Å². The Hall–Kier alpha value is -0.830. The van der Waals surface area contributed by atoms with Gasteiger partial charge in [0.25, 0.3) is 0 Å². The van der Waals surface area contributed by atoms with Crippen molar-refractivity contribution in [1.82, 2.24) is 15.3 Å². The van der Waals surface area contributed by atoms with Gasteiger partial charge in [-0.2, -0.15) is 0 Å². The summed E-state index contributed by atoms with van der Waals surface area (Å²) >= 11 is 0. The molecule has 1 aliphatic heterocycles. The Morgan fingerprint density at radius 2 is 2.38 bits per heavy atom. The number of H-pyrrole nitrogens is 1. The first kappa shape index (κ1) is 8.75. The summed E-state index contributed by atoms with van der Waals surface area (Å²) < 4.78 is 0. The third-order valence-corrected chi connectivity index (χ3v) is 2.63. The molecule has 0 aliphatic carbocycles. The summed E-state index contributed by atoms with van der Waals surface area (Å²) in [6.45, 7) is 5.49. The second-order valence-corrected chi connectivity index (χ2v) is 4.03. The van der Waals surface area contributed by atoms with Gasteiger partial charge in [0.05, 0.1) is 6.04 Å². The number of hydrogen-bond acceptors (Lipinski definition) is 2. The summed E-state index contributed by atoms with van der Waals surface area (Å²) in [5, 5.41) is 3.43. The molecule has 0 amide bonds. The Morgan fingerprint density at radius 1 is 1.54 bits per heavy atom. The van der Waals surface area contributed by atoms with Crippen molar-refractivity contribution in [1.29, 1.82) is 0 Å². The first-order valence-corrected chi connectivity index (χ1v) is 5.05. The summed E-state index contributed by atoms with van der Waals surface area (Å²) in [6, 6.07) is 0.465. The molecule has 1 atom stereocenters. The minimum Gasteiger partial charge on any atom is -0.344 e. The molecule has 1 unspecified atom stereocenters. The van der Waals surface area contributed by atoms with E-state index >= 15 is 0 Å². The average Bonchev–Trinajstić information content (AvgIpc) is 2.75. The number of aromatic amines is 1. The molecule has 2 rings (SSSR count). The first-order valence-electron chi connectivity index (χ1n) is 5.05. The van der Waals surface area contributed by atoms with Gasteiger partial charge in [0, 0.05) is 11.9 Å². The minimum absolute atomic E-state index is 0.465. The molecule has 1 aromatic heterocycles. The lowest BCUT2D eigenvalue weighted by atomic mass is 10.1. The van der Waals surface area contributed by atoms with E-state index in [1.165, 1.54) is 18.5 Å². The normalized spacial score (nSPS) is 22.8. The molecular formula is C10H17N3. The molecule has 3 nitrogen and oxygen atoms in total. The number of nitrogens with zero attached hydrogens (tertiary/aromatic N) is 1. The van der Waals surface area contributed by atoms with Gasteiger partial charge in [-0.3, -0.25) is 0 Å². The van der Waals surface area contributed by atoms with Gasteiger partial charge in [-0.05, 0) is 25.3 Å². The molecule has 2 N–H and O–H groups in total. The van der Waals surface area contributed by atoms with Crippen LogP contribution in [0.25, 0.3) is 0 Å². The molecule has 1 aromatic rings. The third-order valence-electron chi connectivity index (χ3n) is 2.63. The summed E-state index contributed by atoms with van der Waals surface area (Å²) in [7, 11) is 0. The van der Waals surface area contributed by atoms with Crippen LogP contribution in [0.2, 0.25) is 0 Å². The zero-order chi connectivity index (χ0) is 9.26. The quantitative estimate of drug-likeness (QED) is 0.728. The number of aromatic nitrogens is 2. The Bertz CT molecular complexity index is 271. The second-order valence-electron chi connectivity index (χ2n) is 4.03. The molecular weight excluding hydrogens is 162 g/mol. The van der Waals surface area contributed by atoms with E-state index in [1.807, 2.05) is 6.20 Å². The highest BCUT2D eigenvalue weighted by atomic mass is 15.0. The molecule has 0 saturated carbocycles. The van der Waals surface area contributed by atoms with Gasteiger partial charge < -0.3 is 10.3 Å². The van der Waals surface area contributed by atoms with E-state index in [1.54, 1.807) is 0 Å². The highest BCUT2D eigenvalue weighted by molar-refractivity contribution is 5.09. The van der Waals surface area contributed by atoms with Gasteiger partial charge in [0.1, 0.15) is 5.82 Å². The van der Waals surface area contributed by atoms with E-state index < -0.39 is 0 Å². The zero-order valence-corrected chi connectivity index (χ0v) is 8.30. The van der Waals surface area contributed by atoms with Crippen LogP contribution in [0.15, 0.2) is 6.20 Å². The minimum atomic E-state index is 0.465. The maximum Gasteiger partial charge on any atom is 0.123 e. The number of nitrogens with one attached hydrogen (secondary N) is 2. The number of imidazole rings is 1. The van der Waals surface area contributed by atoms with Crippen molar-refractivity contribution in [2.24, 2.45) is 0 Å². The Labute approximate surface area is 79.0 Å². The molecule has 1 aliphatic rings. The van der Waals surface area contributed by atoms with E-state index in [0.717, 1.165) is 12.4 Å². The van der Waals surface area contributed by atoms with Crippen molar-refractivity contribution in [3.8, 4) is 0 Å². The monoisotopic (exact) mass is 179 g/mol. The van der Waals surface area contributed by atoms with Crippen LogP contribution in [-0.2, 0) is 0 Å². The molecule has 3 heteroatoms. The molecule has 72 valence electrons. The van der Waals surface area contributed by atoms with E-state index in [4.69, 9.17) is 0 Å². The summed E-state index contributed by atoms with van der Waals surface area (Å²) in [4.78, 5) is 7.78. The fourth-order valence-electron chi connectivity index (χ4n) is 1.74. The van der Waals surface area contributed by atoms with Crippen LogP contribution in [0, 0.1) is 0 Å². The van der Waals surface area contributed by atoms with Crippen molar-refractivity contribution in [3.63, 3.8) is 0 Å². The van der Waals surface area contributed by atoms with Crippen LogP contribution >= 0.6 is 0 Å². The summed E-state index contributed by atoms with van der Waals surface area (Å²) in [5.41, 5.74) is 1.24. The van der Waals surface area contributed by atoms with Crippen LogP contribution in [0.5, 0.6) is 0 Å². The second kappa shape index (κ2) is 3.50. The van der Waals surface area contributed by atoms with Crippen molar-refractivity contribution < 1.29 is 0 Å². The van der Waals surface area contributed by atoms with Crippen LogP contribution in [0.1, 0.15) is 50.2 Å². The maximum absolute atomic E-state index is 4.40. The molecule has 1 fully saturated rings. The molecule has 2 heterocycles. The summed E-state index contributed by atoms with van der Waals surface area (Å²) in [6.07, 6.45) is 4.44. The van der Waals surface area contributed by atoms with E-state index in [0.29, 0.717) is 12.0 Å². The van der Waals surface area contributed by atoms with Crippen molar-refractivity contribution >= 4 is 0 Å². The SMILES string of the molecule is CC(C)c1cnc(C2CCCN2)[nH]1. The topological polar surface area (TPSA) is 40.7 Å². The Balaban J connectivity index is 2.12. The fourth-order valence-corrected chi connectivity index (χ4v) is 1.74. The zero-order valence-electron chi connectivity index (χ0n) is 8.30. The molecule has 0 aromatic carbocycles. The van der Waals surface area contributed by atoms with Gasteiger partial charge in [-0.25, -0.2) is 4.98 Å². The fraction of sp³-hybridized carbons (Fsp3) is 0.700. The van der Waals surface area contributed by atoms with Crippen LogP contribution in [0.4, 0.5) is 0 Å². The first-order chi connectivity index (χ1) is 6.27. The van der Waals surface area contributed by atoms with Gasteiger partial charge in [-0.15, -0.1) is 0 Å². The van der Waals surface area contributed by atoms with Gasteiger partial charge >= 0.3 is 0 Å². The number of rotatable bonds is 2. The van der Waals surface area contributed by atoms with E-state index in [-0.39, 0.29) is 0 Å². The van der Waals surface area contributed by atoms with Crippen molar-refractivity contribution in [2.45, 2.75) is 38.6 Å². The largest absolute Gasteiger partial charge is 0.344 e. The molecule has 13 heavy (non-hydrogen) atoms. The van der Waals surface area contributed by atoms with Crippen LogP contribution < -0.4 is 5.32 Å². The van der Waals surface area contributed by atoms with Crippen LogP contribution in [-0.4, -0.2) is 16.5 Å². The van der Waals surface area contributed by atoms with E-state index in [2.05, 4.69) is 29.1 Å². The standard InChI is InChI=1S/C10H17N3/c1-7(2)9-6-12-10(13-9)8-4-3-5-11-8/h6-8,11H,3-5H2,1-2H3,(H,12,13). The average molecular weight is 179 g/mol. The summed E-state index contributed by atoms with van der Waals surface area (Å²) in [5.74, 6) is 1.66. The Morgan fingerprint density at radius 3 is 2.92 bits per heavy atom. The van der Waals surface area contributed by atoms with E-state index in [9.17, 15) is 0 Å². The predicted molar refractivity (Wildman–Crippen MR) is 52.7 cm³/mol. The number of hydrogen-bond donors (Lipinski definition) is 2. The predicted octanol–water partition coefficient (Wildman–Crippen LogP) is 1.96. The van der Waals surface area contributed by atoms with Crippen LogP contribution in [0.3, 0.4) is 0 Å². The maximum atomic E-state index is 4.40. The smallest absolute Gasteiger partial charge is 0.123 e. The highest BCUT2D eigenvalue weighted by Crippen LogP contribution is 2.21. The van der Waals surface area contributed by atoms with Gasteiger partial charge in [-0.1, -0.05) is 13.8 Å². The van der Waals surface area contributed by atoms with Gasteiger partial charge in [0.2, 0.25) is 0 Å². The highest BCUT2D eigenvalue weighted by Gasteiger charge is 2.19. The lowest BCUT2D eigenvalue weighted by molar-refractivity contribution is 0.609. The van der Waals surface area contributed by atoms with Crippen molar-refractivity contribution in [3.05, 3.63) is 17.7 Å². The molecule has 0 radical (unpaired) electrons.